The first-order valence-corrected chi connectivity index (χ1v) is 6.58. The molecule has 0 aliphatic carbocycles. The molecule has 6 nitrogen and oxygen atoms in total. The monoisotopic (exact) mass is 270 g/mol. The third-order valence-corrected chi connectivity index (χ3v) is 4.26. The molecule has 0 bridgehead atoms. The van der Waals surface area contributed by atoms with Gasteiger partial charge >= 0.3 is 5.97 Å². The maximum Gasteiger partial charge on any atom is 0.337 e. The van der Waals surface area contributed by atoms with Crippen LogP contribution >= 0.6 is 0 Å². The molecular formula is C11H14N2O4S. The second-order valence-electron chi connectivity index (χ2n) is 3.81. The number of carbonyl (C=O) groups is 1. The molecule has 1 heterocycles. The van der Waals surface area contributed by atoms with E-state index in [0.29, 0.717) is 31.2 Å². The Kier molecular flexibility index (Phi) is 3.95. The van der Waals surface area contributed by atoms with Gasteiger partial charge in [0.1, 0.15) is 11.0 Å². The van der Waals surface area contributed by atoms with E-state index in [9.17, 15) is 9.00 Å². The third kappa shape index (κ3) is 2.53. The molecule has 1 aromatic rings. The average molecular weight is 270 g/mol. The normalized spacial score (nSPS) is 18.4. The number of nitrogens with two attached hydrogens (primary N) is 1. The summed E-state index contributed by atoms with van der Waals surface area (Å²) >= 11 is 0. The first kappa shape index (κ1) is 13.0. The highest BCUT2D eigenvalue weighted by Gasteiger charge is 2.22. The highest BCUT2D eigenvalue weighted by Crippen LogP contribution is 2.23. The number of rotatable bonds is 3. The number of nitrogen functional groups attached to an aromatic ring is 1. The Morgan fingerprint density at radius 1 is 1.39 bits per heavy atom. The number of aromatic carboxylic acids is 1. The first-order valence-electron chi connectivity index (χ1n) is 5.47. The molecule has 1 atom stereocenters. The van der Waals surface area contributed by atoms with Crippen LogP contribution in [0.1, 0.15) is 10.4 Å². The molecule has 2 rings (SSSR count). The molecule has 98 valence electrons. The van der Waals surface area contributed by atoms with Crippen molar-refractivity contribution in [1.29, 1.82) is 0 Å². The van der Waals surface area contributed by atoms with Gasteiger partial charge in [0.05, 0.1) is 29.4 Å². The molecule has 0 amide bonds. The predicted octanol–water partition coefficient (Wildman–Crippen LogP) is 0.322. The number of morpholine rings is 1. The molecule has 3 N–H and O–H groups in total. The van der Waals surface area contributed by atoms with Gasteiger partial charge in [-0.25, -0.2) is 13.3 Å². The lowest BCUT2D eigenvalue weighted by atomic mass is 10.2. The minimum absolute atomic E-state index is 0.0193. The Labute approximate surface area is 107 Å². The molecule has 0 spiro atoms. The number of carboxylic acid groups (broad SMARTS) is 1. The van der Waals surface area contributed by atoms with Gasteiger partial charge in [-0.2, -0.15) is 0 Å². The molecule has 1 aliphatic rings. The first-order chi connectivity index (χ1) is 8.61. The fourth-order valence-corrected chi connectivity index (χ4v) is 2.99. The minimum atomic E-state index is -1.44. The summed E-state index contributed by atoms with van der Waals surface area (Å²) in [7, 11) is -1.44. The van der Waals surface area contributed by atoms with Gasteiger partial charge < -0.3 is 15.6 Å². The minimum Gasteiger partial charge on any atom is -0.478 e. The van der Waals surface area contributed by atoms with Gasteiger partial charge in [0.2, 0.25) is 0 Å². The Bertz CT molecular complexity index is 486. The van der Waals surface area contributed by atoms with Crippen LogP contribution in [-0.4, -0.2) is 45.9 Å². The predicted molar refractivity (Wildman–Crippen MR) is 66.6 cm³/mol. The number of benzene rings is 1. The summed E-state index contributed by atoms with van der Waals surface area (Å²) in [4.78, 5) is 11.3. The molecule has 1 fully saturated rings. The standard InChI is InChI=1S/C11H14N2O4S/c12-10-8(11(14)15)2-1-3-9(10)18(16)13-4-6-17-7-5-13/h1-3H,4-7,12H2,(H,14,15). The summed E-state index contributed by atoms with van der Waals surface area (Å²) in [6.45, 7) is 2.13. The van der Waals surface area contributed by atoms with E-state index in [1.54, 1.807) is 16.4 Å². The van der Waals surface area contributed by atoms with Crippen molar-refractivity contribution in [3.05, 3.63) is 23.8 Å². The van der Waals surface area contributed by atoms with Crippen LogP contribution in [0, 0.1) is 0 Å². The highest BCUT2D eigenvalue weighted by atomic mass is 32.2. The number of hydrogen-bond acceptors (Lipinski definition) is 4. The van der Waals surface area contributed by atoms with E-state index in [2.05, 4.69) is 0 Å². The van der Waals surface area contributed by atoms with E-state index >= 15 is 0 Å². The molecule has 0 radical (unpaired) electrons. The second kappa shape index (κ2) is 5.47. The van der Waals surface area contributed by atoms with Crippen LogP contribution in [0.5, 0.6) is 0 Å². The van der Waals surface area contributed by atoms with Crippen LogP contribution in [0.4, 0.5) is 5.69 Å². The number of carboxylic acids is 1. The van der Waals surface area contributed by atoms with Crippen molar-refractivity contribution in [3.63, 3.8) is 0 Å². The SMILES string of the molecule is Nc1c(C(=O)O)cccc1S(=O)N1CCOCC1. The summed E-state index contributed by atoms with van der Waals surface area (Å²) in [6, 6.07) is 4.54. The summed E-state index contributed by atoms with van der Waals surface area (Å²) in [5.74, 6) is -1.12. The molecule has 0 saturated carbocycles. The number of nitrogens with zero attached hydrogens (tertiary/aromatic N) is 1. The zero-order valence-electron chi connectivity index (χ0n) is 9.67. The van der Waals surface area contributed by atoms with Crippen molar-refractivity contribution in [3.8, 4) is 0 Å². The van der Waals surface area contributed by atoms with Gasteiger partial charge in [0.25, 0.3) is 0 Å². The van der Waals surface area contributed by atoms with Gasteiger partial charge in [-0.05, 0) is 12.1 Å². The van der Waals surface area contributed by atoms with E-state index < -0.39 is 17.0 Å². The molecule has 1 saturated heterocycles. The van der Waals surface area contributed by atoms with Crippen LogP contribution in [0.15, 0.2) is 23.1 Å². The van der Waals surface area contributed by atoms with E-state index in [0.717, 1.165) is 0 Å². The van der Waals surface area contributed by atoms with Crippen LogP contribution in [0.25, 0.3) is 0 Å². The van der Waals surface area contributed by atoms with Gasteiger partial charge in [-0.1, -0.05) is 6.07 Å². The van der Waals surface area contributed by atoms with Crippen molar-refractivity contribution in [2.45, 2.75) is 4.90 Å². The largest absolute Gasteiger partial charge is 0.478 e. The number of anilines is 1. The number of ether oxygens (including phenoxy) is 1. The fourth-order valence-electron chi connectivity index (χ4n) is 1.73. The van der Waals surface area contributed by atoms with E-state index in [-0.39, 0.29) is 11.3 Å². The van der Waals surface area contributed by atoms with Gasteiger partial charge in [0, 0.05) is 13.1 Å². The fraction of sp³-hybridized carbons (Fsp3) is 0.364. The average Bonchev–Trinajstić information content (AvgIpc) is 2.39. The lowest BCUT2D eigenvalue weighted by Gasteiger charge is -2.25. The molecule has 1 aliphatic heterocycles. The summed E-state index contributed by atoms with van der Waals surface area (Å²) in [5, 5.41) is 8.97. The second-order valence-corrected chi connectivity index (χ2v) is 5.27. The van der Waals surface area contributed by atoms with E-state index in [1.165, 1.54) is 6.07 Å². The van der Waals surface area contributed by atoms with Crippen LogP contribution in [0.3, 0.4) is 0 Å². The Morgan fingerprint density at radius 2 is 2.06 bits per heavy atom. The summed E-state index contributed by atoms with van der Waals surface area (Å²) < 4.78 is 19.2. The Balaban J connectivity index is 2.30. The smallest absolute Gasteiger partial charge is 0.337 e. The van der Waals surface area contributed by atoms with Crippen LogP contribution in [0.2, 0.25) is 0 Å². The van der Waals surface area contributed by atoms with E-state index in [4.69, 9.17) is 15.6 Å². The maximum atomic E-state index is 12.3. The molecule has 1 aromatic carbocycles. The van der Waals surface area contributed by atoms with Gasteiger partial charge in [0.15, 0.2) is 0 Å². The van der Waals surface area contributed by atoms with Crippen molar-refractivity contribution in [1.82, 2.24) is 4.31 Å². The van der Waals surface area contributed by atoms with E-state index in [1.807, 2.05) is 0 Å². The van der Waals surface area contributed by atoms with Gasteiger partial charge in [-0.3, -0.25) is 0 Å². The van der Waals surface area contributed by atoms with Crippen molar-refractivity contribution < 1.29 is 18.8 Å². The molecule has 1 unspecified atom stereocenters. The summed E-state index contributed by atoms with van der Waals surface area (Å²) in [5.41, 5.74) is 5.81. The van der Waals surface area contributed by atoms with Gasteiger partial charge in [-0.15, -0.1) is 0 Å². The molecule has 18 heavy (non-hydrogen) atoms. The quantitative estimate of drug-likeness (QED) is 0.772. The Hall–Kier alpha value is -1.44. The van der Waals surface area contributed by atoms with Crippen molar-refractivity contribution in [2.75, 3.05) is 32.0 Å². The molecule has 0 aromatic heterocycles. The van der Waals surface area contributed by atoms with Crippen LogP contribution in [-0.2, 0) is 15.7 Å². The molecule has 7 heteroatoms. The number of hydrogen-bond donors (Lipinski definition) is 2. The topological polar surface area (TPSA) is 92.9 Å². The maximum absolute atomic E-state index is 12.3. The van der Waals surface area contributed by atoms with Crippen molar-refractivity contribution in [2.24, 2.45) is 0 Å². The molecular weight excluding hydrogens is 256 g/mol. The lowest BCUT2D eigenvalue weighted by Crippen LogP contribution is -2.37. The number of para-hydroxylation sites is 1. The zero-order valence-corrected chi connectivity index (χ0v) is 10.5. The van der Waals surface area contributed by atoms with Crippen LogP contribution < -0.4 is 5.73 Å². The third-order valence-electron chi connectivity index (χ3n) is 2.69. The zero-order chi connectivity index (χ0) is 13.1. The lowest BCUT2D eigenvalue weighted by molar-refractivity contribution is 0.0697. The van der Waals surface area contributed by atoms with Crippen molar-refractivity contribution >= 4 is 22.6 Å². The Morgan fingerprint density at radius 3 is 2.67 bits per heavy atom. The summed E-state index contributed by atoms with van der Waals surface area (Å²) in [6.07, 6.45) is 0. The highest BCUT2D eigenvalue weighted by molar-refractivity contribution is 7.82.